The molecular formula is C12H11Br2NO2S. The minimum Gasteiger partial charge on any atom is -0.467 e. The van der Waals surface area contributed by atoms with E-state index in [-0.39, 0.29) is 5.91 Å². The second-order valence-electron chi connectivity index (χ2n) is 3.63. The number of rotatable bonds is 4. The lowest BCUT2D eigenvalue weighted by atomic mass is 10.3. The molecule has 0 saturated heterocycles. The van der Waals surface area contributed by atoms with Gasteiger partial charge >= 0.3 is 0 Å². The highest BCUT2D eigenvalue weighted by Gasteiger charge is 2.18. The standard InChI is InChI=1S/C12H11Br2NO2S/c1-2-15(7-8-4-3-5-17-8)12(16)10-6-9(13)11(14)18-10/h3-6H,2,7H2,1H3. The van der Waals surface area contributed by atoms with Crippen molar-refractivity contribution >= 4 is 49.1 Å². The Labute approximate surface area is 126 Å². The van der Waals surface area contributed by atoms with Gasteiger partial charge in [0, 0.05) is 11.0 Å². The van der Waals surface area contributed by atoms with Crippen molar-refractivity contribution in [3.05, 3.63) is 43.4 Å². The Morgan fingerprint density at radius 1 is 1.50 bits per heavy atom. The van der Waals surface area contributed by atoms with Crippen molar-refractivity contribution < 1.29 is 9.21 Å². The van der Waals surface area contributed by atoms with E-state index in [4.69, 9.17) is 4.42 Å². The largest absolute Gasteiger partial charge is 0.467 e. The molecular weight excluding hydrogens is 382 g/mol. The van der Waals surface area contributed by atoms with E-state index in [1.54, 1.807) is 11.2 Å². The summed E-state index contributed by atoms with van der Waals surface area (Å²) in [5.74, 6) is 0.810. The van der Waals surface area contributed by atoms with Crippen molar-refractivity contribution in [3.8, 4) is 0 Å². The van der Waals surface area contributed by atoms with Crippen LogP contribution in [-0.4, -0.2) is 17.4 Å². The van der Waals surface area contributed by atoms with Crippen LogP contribution >= 0.6 is 43.2 Å². The Kier molecular flexibility index (Phi) is 4.64. The van der Waals surface area contributed by atoms with Crippen LogP contribution in [0, 0.1) is 0 Å². The molecule has 0 aromatic carbocycles. The molecule has 18 heavy (non-hydrogen) atoms. The van der Waals surface area contributed by atoms with E-state index in [0.29, 0.717) is 18.0 Å². The summed E-state index contributed by atoms with van der Waals surface area (Å²) in [7, 11) is 0. The lowest BCUT2D eigenvalue weighted by Gasteiger charge is -2.18. The van der Waals surface area contributed by atoms with Crippen LogP contribution in [0.1, 0.15) is 22.4 Å². The van der Waals surface area contributed by atoms with E-state index in [1.165, 1.54) is 11.3 Å². The summed E-state index contributed by atoms with van der Waals surface area (Å²) in [6.07, 6.45) is 1.62. The molecule has 0 aliphatic carbocycles. The van der Waals surface area contributed by atoms with E-state index < -0.39 is 0 Å². The summed E-state index contributed by atoms with van der Waals surface area (Å²) in [5.41, 5.74) is 0. The van der Waals surface area contributed by atoms with Crippen LogP contribution in [0.4, 0.5) is 0 Å². The van der Waals surface area contributed by atoms with Gasteiger partial charge < -0.3 is 9.32 Å². The summed E-state index contributed by atoms with van der Waals surface area (Å²) in [5, 5.41) is 0. The predicted octanol–water partition coefficient (Wildman–Crippen LogP) is 4.53. The van der Waals surface area contributed by atoms with E-state index in [0.717, 1.165) is 14.0 Å². The van der Waals surface area contributed by atoms with Crippen molar-refractivity contribution in [2.75, 3.05) is 6.54 Å². The average molecular weight is 393 g/mol. The van der Waals surface area contributed by atoms with Crippen LogP contribution in [0.25, 0.3) is 0 Å². The first kappa shape index (κ1) is 13.8. The summed E-state index contributed by atoms with van der Waals surface area (Å²) >= 11 is 8.22. The molecule has 1 amide bonds. The maximum Gasteiger partial charge on any atom is 0.264 e. The minimum atomic E-state index is 0.0188. The number of hydrogen-bond acceptors (Lipinski definition) is 3. The van der Waals surface area contributed by atoms with E-state index >= 15 is 0 Å². The summed E-state index contributed by atoms with van der Waals surface area (Å²) in [6.45, 7) is 3.10. The first-order valence-electron chi connectivity index (χ1n) is 5.38. The fraction of sp³-hybridized carbons (Fsp3) is 0.250. The summed E-state index contributed by atoms with van der Waals surface area (Å²) < 4.78 is 7.11. The van der Waals surface area contributed by atoms with Crippen LogP contribution in [0.2, 0.25) is 0 Å². The third-order valence-corrected chi connectivity index (χ3v) is 5.70. The topological polar surface area (TPSA) is 33.5 Å². The highest BCUT2D eigenvalue weighted by molar-refractivity contribution is 9.13. The molecule has 0 N–H and O–H groups in total. The zero-order chi connectivity index (χ0) is 13.1. The Morgan fingerprint density at radius 2 is 2.28 bits per heavy atom. The van der Waals surface area contributed by atoms with Gasteiger partial charge in [-0.25, -0.2) is 0 Å². The van der Waals surface area contributed by atoms with Gasteiger partial charge in [-0.3, -0.25) is 4.79 Å². The normalized spacial score (nSPS) is 10.6. The molecule has 3 nitrogen and oxygen atoms in total. The molecule has 96 valence electrons. The first-order valence-corrected chi connectivity index (χ1v) is 7.78. The second kappa shape index (κ2) is 6.04. The van der Waals surface area contributed by atoms with Gasteiger partial charge in [0.25, 0.3) is 5.91 Å². The number of amides is 1. The van der Waals surface area contributed by atoms with Gasteiger partial charge in [-0.05, 0) is 57.0 Å². The third kappa shape index (κ3) is 3.05. The number of carbonyl (C=O) groups excluding carboxylic acids is 1. The molecule has 2 aromatic heterocycles. The zero-order valence-electron chi connectivity index (χ0n) is 9.65. The average Bonchev–Trinajstić information content (AvgIpc) is 2.96. The highest BCUT2D eigenvalue weighted by atomic mass is 79.9. The van der Waals surface area contributed by atoms with Crippen molar-refractivity contribution in [3.63, 3.8) is 0 Å². The van der Waals surface area contributed by atoms with E-state index in [1.807, 2.05) is 25.1 Å². The van der Waals surface area contributed by atoms with E-state index in [9.17, 15) is 4.79 Å². The highest BCUT2D eigenvalue weighted by Crippen LogP contribution is 2.33. The maximum absolute atomic E-state index is 12.3. The number of thiophene rings is 1. The summed E-state index contributed by atoms with van der Waals surface area (Å²) in [4.78, 5) is 14.8. The van der Waals surface area contributed by atoms with Crippen LogP contribution in [0.3, 0.4) is 0 Å². The van der Waals surface area contributed by atoms with Crippen molar-refractivity contribution in [1.82, 2.24) is 4.90 Å². The Bertz CT molecular complexity index is 517. The van der Waals surface area contributed by atoms with Gasteiger partial charge in [-0.2, -0.15) is 0 Å². The summed E-state index contributed by atoms with van der Waals surface area (Å²) in [6, 6.07) is 5.53. The number of furan rings is 1. The first-order chi connectivity index (χ1) is 8.61. The molecule has 6 heteroatoms. The second-order valence-corrected chi connectivity index (χ2v) is 6.86. The smallest absolute Gasteiger partial charge is 0.264 e. The number of hydrogen-bond donors (Lipinski definition) is 0. The molecule has 0 unspecified atom stereocenters. The fourth-order valence-corrected chi connectivity index (χ4v) is 3.53. The van der Waals surface area contributed by atoms with Gasteiger partial charge in [-0.15, -0.1) is 11.3 Å². The molecule has 0 saturated carbocycles. The molecule has 0 atom stereocenters. The van der Waals surface area contributed by atoms with Crippen LogP contribution in [0.15, 0.2) is 37.1 Å². The van der Waals surface area contributed by atoms with Gasteiger partial charge in [-0.1, -0.05) is 0 Å². The van der Waals surface area contributed by atoms with Crippen molar-refractivity contribution in [1.29, 1.82) is 0 Å². The number of halogens is 2. The van der Waals surface area contributed by atoms with Gasteiger partial charge in [0.1, 0.15) is 5.76 Å². The molecule has 0 spiro atoms. The Morgan fingerprint density at radius 3 is 2.78 bits per heavy atom. The van der Waals surface area contributed by atoms with Crippen LogP contribution in [-0.2, 0) is 6.54 Å². The quantitative estimate of drug-likeness (QED) is 0.765. The van der Waals surface area contributed by atoms with Gasteiger partial charge in [0.05, 0.1) is 21.5 Å². The molecule has 0 radical (unpaired) electrons. The number of carbonyl (C=O) groups is 1. The number of nitrogens with zero attached hydrogens (tertiary/aromatic N) is 1. The monoisotopic (exact) mass is 391 g/mol. The lowest BCUT2D eigenvalue weighted by molar-refractivity contribution is 0.0746. The molecule has 2 aromatic rings. The Balaban J connectivity index is 2.15. The molecule has 2 rings (SSSR count). The fourth-order valence-electron chi connectivity index (χ4n) is 1.53. The Hall–Kier alpha value is -0.590. The molecule has 0 aliphatic rings. The molecule has 2 heterocycles. The van der Waals surface area contributed by atoms with Crippen molar-refractivity contribution in [2.45, 2.75) is 13.5 Å². The third-order valence-electron chi connectivity index (χ3n) is 2.45. The van der Waals surface area contributed by atoms with Gasteiger partial charge in [0.15, 0.2) is 0 Å². The lowest BCUT2D eigenvalue weighted by Crippen LogP contribution is -2.29. The predicted molar refractivity (Wildman–Crippen MR) is 78.8 cm³/mol. The van der Waals surface area contributed by atoms with Crippen LogP contribution < -0.4 is 0 Å². The zero-order valence-corrected chi connectivity index (χ0v) is 13.6. The SMILES string of the molecule is CCN(Cc1ccco1)C(=O)c1cc(Br)c(Br)s1. The molecule has 0 bridgehead atoms. The molecule has 0 aliphatic heterocycles. The maximum atomic E-state index is 12.3. The minimum absolute atomic E-state index is 0.0188. The molecule has 0 fully saturated rings. The van der Waals surface area contributed by atoms with E-state index in [2.05, 4.69) is 31.9 Å². The van der Waals surface area contributed by atoms with Crippen LogP contribution in [0.5, 0.6) is 0 Å². The van der Waals surface area contributed by atoms with Crippen molar-refractivity contribution in [2.24, 2.45) is 0 Å². The van der Waals surface area contributed by atoms with Gasteiger partial charge in [0.2, 0.25) is 0 Å².